The molecule has 0 unspecified atom stereocenters. The van der Waals surface area contributed by atoms with E-state index < -0.39 is 21.1 Å². The van der Waals surface area contributed by atoms with Crippen LogP contribution in [0.2, 0.25) is 0 Å². The van der Waals surface area contributed by atoms with Crippen LogP contribution in [-0.4, -0.2) is 35.3 Å². The Morgan fingerprint density at radius 2 is 1.64 bits per heavy atom. The van der Waals surface area contributed by atoms with Gasteiger partial charge >= 0.3 is 11.1 Å². The first kappa shape index (κ1) is 18.6. The van der Waals surface area contributed by atoms with Crippen LogP contribution >= 0.6 is 0 Å². The summed E-state index contributed by atoms with van der Waals surface area (Å²) in [4.78, 5) is 28.1. The van der Waals surface area contributed by atoms with Crippen molar-refractivity contribution >= 4 is 21.1 Å². The first-order valence-corrected chi connectivity index (χ1v) is 10.7. The van der Waals surface area contributed by atoms with Crippen LogP contribution in [0, 0.1) is 0 Å². The number of benzene rings is 2. The van der Waals surface area contributed by atoms with E-state index in [9.17, 15) is 18.0 Å². The lowest BCUT2D eigenvalue weighted by atomic mass is 9.98. The van der Waals surface area contributed by atoms with Gasteiger partial charge in [0, 0.05) is 12.6 Å². The number of nitrogens with one attached hydrogen (secondary N) is 2. The van der Waals surface area contributed by atoms with Crippen LogP contribution in [0.25, 0.3) is 11.0 Å². The fraction of sp³-hybridized carbons (Fsp3) is 0.300. The normalized spacial score (nSPS) is 18.4. The Morgan fingerprint density at radius 3 is 2.39 bits per heavy atom. The van der Waals surface area contributed by atoms with Gasteiger partial charge in [0.1, 0.15) is 0 Å². The molecule has 2 N–H and O–H groups in total. The Kier molecular flexibility index (Phi) is 4.91. The highest BCUT2D eigenvalue weighted by Crippen LogP contribution is 2.28. The van der Waals surface area contributed by atoms with E-state index in [4.69, 9.17) is 0 Å². The Bertz CT molecular complexity index is 1220. The Hall–Kier alpha value is -2.71. The Morgan fingerprint density at radius 1 is 0.929 bits per heavy atom. The number of nitrogens with zero attached hydrogens (tertiary/aromatic N) is 1. The molecule has 1 atom stereocenters. The van der Waals surface area contributed by atoms with Gasteiger partial charge in [0.2, 0.25) is 10.0 Å². The van der Waals surface area contributed by atoms with E-state index in [1.165, 1.54) is 18.2 Å². The van der Waals surface area contributed by atoms with Crippen LogP contribution in [0.15, 0.2) is 63.0 Å². The molecular formula is C20H21N3O4S. The lowest BCUT2D eigenvalue weighted by Crippen LogP contribution is -2.44. The molecule has 28 heavy (non-hydrogen) atoms. The Balaban J connectivity index is 1.71. The summed E-state index contributed by atoms with van der Waals surface area (Å²) in [7, 11) is -3.73. The third-order valence-electron chi connectivity index (χ3n) is 5.19. The molecule has 0 spiro atoms. The molecule has 1 fully saturated rings. The molecule has 0 radical (unpaired) electrons. The zero-order valence-corrected chi connectivity index (χ0v) is 16.0. The number of piperidine rings is 1. The van der Waals surface area contributed by atoms with Crippen LogP contribution in [-0.2, 0) is 16.4 Å². The smallest absolute Gasteiger partial charge is 0.314 e. The van der Waals surface area contributed by atoms with Crippen molar-refractivity contribution in [2.24, 2.45) is 0 Å². The number of aromatic amines is 2. The van der Waals surface area contributed by atoms with E-state index >= 15 is 0 Å². The molecule has 7 nitrogen and oxygen atoms in total. The van der Waals surface area contributed by atoms with Gasteiger partial charge in [-0.3, -0.25) is 9.59 Å². The van der Waals surface area contributed by atoms with Gasteiger partial charge < -0.3 is 9.97 Å². The number of aromatic nitrogens is 2. The van der Waals surface area contributed by atoms with Crippen molar-refractivity contribution in [2.75, 3.05) is 6.54 Å². The van der Waals surface area contributed by atoms with Crippen molar-refractivity contribution in [1.82, 2.24) is 14.3 Å². The van der Waals surface area contributed by atoms with E-state index in [0.29, 0.717) is 24.0 Å². The quantitative estimate of drug-likeness (QED) is 0.655. The zero-order chi connectivity index (χ0) is 19.7. The van der Waals surface area contributed by atoms with Crippen molar-refractivity contribution in [3.63, 3.8) is 0 Å². The van der Waals surface area contributed by atoms with Gasteiger partial charge in [-0.15, -0.1) is 0 Å². The lowest BCUT2D eigenvalue weighted by Gasteiger charge is -2.35. The first-order chi connectivity index (χ1) is 13.4. The predicted octanol–water partition coefficient (Wildman–Crippen LogP) is 2.00. The van der Waals surface area contributed by atoms with Crippen molar-refractivity contribution in [2.45, 2.75) is 36.6 Å². The van der Waals surface area contributed by atoms with Crippen LogP contribution < -0.4 is 11.1 Å². The van der Waals surface area contributed by atoms with E-state index in [-0.39, 0.29) is 10.9 Å². The second-order valence-electron chi connectivity index (χ2n) is 7.07. The van der Waals surface area contributed by atoms with Crippen LogP contribution in [0.3, 0.4) is 0 Å². The third kappa shape index (κ3) is 3.53. The van der Waals surface area contributed by atoms with Crippen molar-refractivity contribution in [3.8, 4) is 0 Å². The fourth-order valence-corrected chi connectivity index (χ4v) is 5.49. The summed E-state index contributed by atoms with van der Waals surface area (Å²) < 4.78 is 28.3. The summed E-state index contributed by atoms with van der Waals surface area (Å²) in [5, 5.41) is 0. The molecule has 8 heteroatoms. The van der Waals surface area contributed by atoms with Crippen LogP contribution in [0.1, 0.15) is 24.8 Å². The highest BCUT2D eigenvalue weighted by atomic mass is 32.2. The highest BCUT2D eigenvalue weighted by molar-refractivity contribution is 7.89. The van der Waals surface area contributed by atoms with Gasteiger partial charge in [0.05, 0.1) is 15.9 Å². The van der Waals surface area contributed by atoms with E-state index in [2.05, 4.69) is 9.97 Å². The summed E-state index contributed by atoms with van der Waals surface area (Å²) in [6, 6.07) is 14.2. The lowest BCUT2D eigenvalue weighted by molar-refractivity contribution is 0.251. The summed E-state index contributed by atoms with van der Waals surface area (Å²) in [5.74, 6) is 0. The van der Waals surface area contributed by atoms with Crippen LogP contribution in [0.5, 0.6) is 0 Å². The molecule has 0 amide bonds. The minimum atomic E-state index is -3.73. The van der Waals surface area contributed by atoms with Crippen molar-refractivity contribution in [1.29, 1.82) is 0 Å². The van der Waals surface area contributed by atoms with E-state index in [1.807, 2.05) is 30.3 Å². The summed E-state index contributed by atoms with van der Waals surface area (Å²) in [6.45, 7) is 0.472. The van der Waals surface area contributed by atoms with Gasteiger partial charge in [0.15, 0.2) is 0 Å². The van der Waals surface area contributed by atoms with E-state index in [0.717, 1.165) is 24.8 Å². The summed E-state index contributed by atoms with van der Waals surface area (Å²) in [5.41, 5.74) is 0.226. The topological polar surface area (TPSA) is 103 Å². The van der Waals surface area contributed by atoms with E-state index in [1.54, 1.807) is 4.31 Å². The molecule has 1 aliphatic rings. The van der Waals surface area contributed by atoms with Gasteiger partial charge in [-0.05, 0) is 43.0 Å². The maximum absolute atomic E-state index is 13.3. The van der Waals surface area contributed by atoms with Gasteiger partial charge in [-0.2, -0.15) is 4.31 Å². The number of H-pyrrole nitrogens is 2. The van der Waals surface area contributed by atoms with Crippen LogP contribution in [0.4, 0.5) is 0 Å². The fourth-order valence-electron chi connectivity index (χ4n) is 3.77. The van der Waals surface area contributed by atoms with Gasteiger partial charge in [0.25, 0.3) is 0 Å². The molecule has 0 bridgehead atoms. The molecule has 2 heterocycles. The van der Waals surface area contributed by atoms with Crippen molar-refractivity contribution < 1.29 is 8.42 Å². The minimum Gasteiger partial charge on any atom is -0.316 e. The predicted molar refractivity (Wildman–Crippen MR) is 107 cm³/mol. The molecule has 1 saturated heterocycles. The molecular weight excluding hydrogens is 378 g/mol. The Labute approximate surface area is 162 Å². The van der Waals surface area contributed by atoms with Gasteiger partial charge in [-0.1, -0.05) is 36.8 Å². The number of sulfonamides is 1. The summed E-state index contributed by atoms with van der Waals surface area (Å²) in [6.07, 6.45) is 3.29. The maximum atomic E-state index is 13.3. The molecule has 0 aliphatic carbocycles. The number of hydrogen-bond donors (Lipinski definition) is 2. The van der Waals surface area contributed by atoms with Gasteiger partial charge in [-0.25, -0.2) is 8.42 Å². The number of hydrogen-bond acceptors (Lipinski definition) is 4. The molecule has 146 valence electrons. The zero-order valence-electron chi connectivity index (χ0n) is 15.2. The third-order valence-corrected chi connectivity index (χ3v) is 7.14. The number of rotatable bonds is 4. The average molecular weight is 399 g/mol. The molecule has 2 aromatic carbocycles. The van der Waals surface area contributed by atoms with Crippen molar-refractivity contribution in [3.05, 3.63) is 74.8 Å². The largest absolute Gasteiger partial charge is 0.316 e. The molecule has 3 aromatic rings. The highest BCUT2D eigenvalue weighted by Gasteiger charge is 2.33. The molecule has 0 saturated carbocycles. The second-order valence-corrected chi connectivity index (χ2v) is 8.96. The monoisotopic (exact) mass is 399 g/mol. The molecule has 4 rings (SSSR count). The molecule has 1 aliphatic heterocycles. The first-order valence-electron chi connectivity index (χ1n) is 9.27. The number of fused-ring (bicyclic) bond motifs is 1. The maximum Gasteiger partial charge on any atom is 0.314 e. The molecule has 1 aromatic heterocycles. The summed E-state index contributed by atoms with van der Waals surface area (Å²) >= 11 is 0. The average Bonchev–Trinajstić information content (AvgIpc) is 2.69. The minimum absolute atomic E-state index is 0.105. The second kappa shape index (κ2) is 7.37. The standard InChI is InChI=1S/C20H21N3O4S/c24-19-20(25)22-18-13-16(9-10-17(18)21-19)28(26,27)23-11-5-4-8-15(23)12-14-6-2-1-3-7-14/h1-3,6-7,9-10,13,15H,4-5,8,11-12H2,(H,21,24)(H,22,25)/t15-/m0/s1. The SMILES string of the molecule is O=c1[nH]c2ccc(S(=O)(=O)N3CCCC[C@H]3Cc3ccccc3)cc2[nH]c1=O.